The summed E-state index contributed by atoms with van der Waals surface area (Å²) >= 11 is 9.19. The van der Waals surface area contributed by atoms with Crippen LogP contribution in [-0.4, -0.2) is 5.78 Å². The Morgan fingerprint density at radius 2 is 1.79 bits per heavy atom. The van der Waals surface area contributed by atoms with Gasteiger partial charge in [0, 0.05) is 20.4 Å². The second-order valence-electron chi connectivity index (χ2n) is 4.13. The number of furan rings is 1. The van der Waals surface area contributed by atoms with Crippen LogP contribution >= 0.6 is 27.5 Å². The van der Waals surface area contributed by atoms with Crippen LogP contribution in [0.15, 0.2) is 57.4 Å². The largest absolute Gasteiger partial charge is 0.453 e. The van der Waals surface area contributed by atoms with Crippen LogP contribution in [0.2, 0.25) is 5.02 Å². The maximum absolute atomic E-state index is 12.3. The molecule has 1 aromatic heterocycles. The van der Waals surface area contributed by atoms with E-state index in [4.69, 9.17) is 16.0 Å². The molecule has 3 aromatic rings. The Labute approximate surface area is 123 Å². The molecule has 2 nitrogen and oxygen atoms in total. The van der Waals surface area contributed by atoms with Gasteiger partial charge in [-0.05, 0) is 48.5 Å². The van der Waals surface area contributed by atoms with E-state index in [-0.39, 0.29) is 5.78 Å². The fraction of sp³-hybridized carbons (Fsp3) is 0. The first-order chi connectivity index (χ1) is 9.13. The fourth-order valence-electron chi connectivity index (χ4n) is 1.87. The summed E-state index contributed by atoms with van der Waals surface area (Å²) in [6.45, 7) is 0. The highest BCUT2D eigenvalue weighted by Gasteiger charge is 2.14. The third-order valence-corrected chi connectivity index (χ3v) is 3.55. The van der Waals surface area contributed by atoms with Crippen LogP contribution in [-0.2, 0) is 0 Å². The number of ketones is 1. The van der Waals surface area contributed by atoms with Gasteiger partial charge in [0.1, 0.15) is 5.58 Å². The van der Waals surface area contributed by atoms with Crippen LogP contribution in [0.1, 0.15) is 16.1 Å². The van der Waals surface area contributed by atoms with Gasteiger partial charge in [-0.15, -0.1) is 0 Å². The highest BCUT2D eigenvalue weighted by atomic mass is 79.9. The van der Waals surface area contributed by atoms with E-state index in [0.29, 0.717) is 21.9 Å². The van der Waals surface area contributed by atoms with E-state index in [1.165, 1.54) is 0 Å². The van der Waals surface area contributed by atoms with Crippen molar-refractivity contribution in [1.82, 2.24) is 0 Å². The van der Waals surface area contributed by atoms with Crippen molar-refractivity contribution in [3.63, 3.8) is 0 Å². The maximum Gasteiger partial charge on any atom is 0.228 e. The molecule has 0 fully saturated rings. The quantitative estimate of drug-likeness (QED) is 0.611. The first-order valence-corrected chi connectivity index (χ1v) is 6.80. The first kappa shape index (κ1) is 12.5. The lowest BCUT2D eigenvalue weighted by molar-refractivity contribution is 0.101. The molecule has 0 unspecified atom stereocenters. The smallest absolute Gasteiger partial charge is 0.228 e. The lowest BCUT2D eigenvalue weighted by Gasteiger charge is -1.97. The minimum atomic E-state index is -0.149. The number of carbonyl (C=O) groups is 1. The van der Waals surface area contributed by atoms with Gasteiger partial charge >= 0.3 is 0 Å². The molecule has 2 aromatic carbocycles. The van der Waals surface area contributed by atoms with Crippen molar-refractivity contribution in [3.8, 4) is 0 Å². The standard InChI is InChI=1S/C15H8BrClO2/c16-11-3-6-13-10(7-11)8-14(19-13)15(18)9-1-4-12(17)5-2-9/h1-8H. The zero-order chi connectivity index (χ0) is 13.4. The van der Waals surface area contributed by atoms with Crippen LogP contribution < -0.4 is 0 Å². The Morgan fingerprint density at radius 1 is 1.05 bits per heavy atom. The van der Waals surface area contributed by atoms with E-state index < -0.39 is 0 Å². The zero-order valence-corrected chi connectivity index (χ0v) is 12.0. The SMILES string of the molecule is O=C(c1ccc(Cl)cc1)c1cc2cc(Br)ccc2o1. The maximum atomic E-state index is 12.3. The number of benzene rings is 2. The molecule has 1 heterocycles. The van der Waals surface area contributed by atoms with Crippen LogP contribution in [0.3, 0.4) is 0 Å². The summed E-state index contributed by atoms with van der Waals surface area (Å²) in [6, 6.07) is 14.1. The molecule has 0 amide bonds. The molecule has 0 N–H and O–H groups in total. The van der Waals surface area contributed by atoms with Gasteiger partial charge in [0.25, 0.3) is 0 Å². The minimum absolute atomic E-state index is 0.149. The molecule has 0 saturated carbocycles. The Balaban J connectivity index is 2.04. The van der Waals surface area contributed by atoms with Crippen molar-refractivity contribution >= 4 is 44.3 Å². The summed E-state index contributed by atoms with van der Waals surface area (Å²) in [5, 5.41) is 1.50. The molecule has 3 rings (SSSR count). The van der Waals surface area contributed by atoms with Gasteiger partial charge in [0.05, 0.1) is 0 Å². The Kier molecular flexibility index (Phi) is 3.17. The summed E-state index contributed by atoms with van der Waals surface area (Å²) in [5.41, 5.74) is 1.25. The molecule has 19 heavy (non-hydrogen) atoms. The van der Waals surface area contributed by atoms with Gasteiger partial charge < -0.3 is 4.42 Å². The molecule has 4 heteroatoms. The molecular weight excluding hydrogens is 328 g/mol. The van der Waals surface area contributed by atoms with Gasteiger partial charge in [-0.2, -0.15) is 0 Å². The second-order valence-corrected chi connectivity index (χ2v) is 5.48. The van der Waals surface area contributed by atoms with Crippen LogP contribution in [0.25, 0.3) is 11.0 Å². The lowest BCUT2D eigenvalue weighted by atomic mass is 10.1. The normalized spacial score (nSPS) is 10.8. The molecule has 0 bridgehead atoms. The van der Waals surface area contributed by atoms with Crippen LogP contribution in [0, 0.1) is 0 Å². The van der Waals surface area contributed by atoms with Crippen molar-refractivity contribution in [2.24, 2.45) is 0 Å². The van der Waals surface area contributed by atoms with Crippen molar-refractivity contribution in [3.05, 3.63) is 69.3 Å². The summed E-state index contributed by atoms with van der Waals surface area (Å²) in [7, 11) is 0. The zero-order valence-electron chi connectivity index (χ0n) is 9.69. The summed E-state index contributed by atoms with van der Waals surface area (Å²) in [5.74, 6) is 0.180. The lowest BCUT2D eigenvalue weighted by Crippen LogP contribution is -1.98. The number of fused-ring (bicyclic) bond motifs is 1. The third kappa shape index (κ3) is 2.44. The molecule has 0 saturated heterocycles. The molecule has 0 radical (unpaired) electrons. The number of carbonyl (C=O) groups excluding carboxylic acids is 1. The average molecular weight is 336 g/mol. The van der Waals surface area contributed by atoms with Gasteiger partial charge in [0.15, 0.2) is 5.76 Å². The van der Waals surface area contributed by atoms with Crippen molar-refractivity contribution in [1.29, 1.82) is 0 Å². The monoisotopic (exact) mass is 334 g/mol. The number of rotatable bonds is 2. The number of halogens is 2. The molecular formula is C15H8BrClO2. The van der Waals surface area contributed by atoms with E-state index in [1.807, 2.05) is 18.2 Å². The van der Waals surface area contributed by atoms with Gasteiger partial charge in [0.2, 0.25) is 5.78 Å². The summed E-state index contributed by atoms with van der Waals surface area (Å²) < 4.78 is 6.52. The number of hydrogen-bond donors (Lipinski definition) is 0. The van der Waals surface area contributed by atoms with E-state index in [1.54, 1.807) is 30.3 Å². The van der Waals surface area contributed by atoms with Crippen molar-refractivity contribution in [2.45, 2.75) is 0 Å². The molecule has 0 aliphatic rings. The predicted octanol–water partition coefficient (Wildman–Crippen LogP) is 5.08. The highest BCUT2D eigenvalue weighted by molar-refractivity contribution is 9.10. The topological polar surface area (TPSA) is 30.2 Å². The first-order valence-electron chi connectivity index (χ1n) is 5.63. The number of hydrogen-bond acceptors (Lipinski definition) is 2. The van der Waals surface area contributed by atoms with Crippen molar-refractivity contribution < 1.29 is 9.21 Å². The van der Waals surface area contributed by atoms with Crippen molar-refractivity contribution in [2.75, 3.05) is 0 Å². The fourth-order valence-corrected chi connectivity index (χ4v) is 2.37. The van der Waals surface area contributed by atoms with E-state index in [9.17, 15) is 4.79 Å². The predicted molar refractivity (Wildman–Crippen MR) is 78.8 cm³/mol. The Hall–Kier alpha value is -1.58. The molecule has 94 valence electrons. The van der Waals surface area contributed by atoms with E-state index in [2.05, 4.69) is 15.9 Å². The molecule has 0 atom stereocenters. The summed E-state index contributed by atoms with van der Waals surface area (Å²) in [4.78, 5) is 12.3. The third-order valence-electron chi connectivity index (χ3n) is 2.81. The second kappa shape index (κ2) is 4.83. The highest BCUT2D eigenvalue weighted by Crippen LogP contribution is 2.25. The minimum Gasteiger partial charge on any atom is -0.453 e. The van der Waals surface area contributed by atoms with E-state index in [0.717, 1.165) is 9.86 Å². The van der Waals surface area contributed by atoms with Crippen LogP contribution in [0.4, 0.5) is 0 Å². The molecule has 0 aliphatic heterocycles. The Morgan fingerprint density at radius 3 is 2.53 bits per heavy atom. The van der Waals surface area contributed by atoms with Gasteiger partial charge in [-0.3, -0.25) is 4.79 Å². The molecule has 0 aliphatic carbocycles. The Bertz CT molecular complexity index is 759. The van der Waals surface area contributed by atoms with Gasteiger partial charge in [-0.25, -0.2) is 0 Å². The van der Waals surface area contributed by atoms with Gasteiger partial charge in [-0.1, -0.05) is 27.5 Å². The average Bonchev–Trinajstić information content (AvgIpc) is 2.81. The van der Waals surface area contributed by atoms with E-state index >= 15 is 0 Å². The summed E-state index contributed by atoms with van der Waals surface area (Å²) in [6.07, 6.45) is 0. The molecule has 0 spiro atoms. The van der Waals surface area contributed by atoms with Crippen LogP contribution in [0.5, 0.6) is 0 Å².